The highest BCUT2D eigenvalue weighted by Crippen LogP contribution is 2.27. The summed E-state index contributed by atoms with van der Waals surface area (Å²) in [5.74, 6) is 1.63. The number of nitrogens with one attached hydrogen (secondary N) is 1. The van der Waals surface area contributed by atoms with Crippen LogP contribution in [0.15, 0.2) is 30.3 Å². The van der Waals surface area contributed by atoms with E-state index in [9.17, 15) is 0 Å². The summed E-state index contributed by atoms with van der Waals surface area (Å²) >= 11 is 5.41. The van der Waals surface area contributed by atoms with E-state index in [0.717, 1.165) is 18.2 Å². The number of hydrogen-bond donors (Lipinski definition) is 1. The zero-order valence-electron chi connectivity index (χ0n) is 11.9. The van der Waals surface area contributed by atoms with Gasteiger partial charge in [0.25, 0.3) is 0 Å². The lowest BCUT2D eigenvalue weighted by Crippen LogP contribution is -2.42. The molecule has 1 aliphatic heterocycles. The molecule has 0 radical (unpaired) electrons. The van der Waals surface area contributed by atoms with Gasteiger partial charge in [-0.1, -0.05) is 25.1 Å². The Hall–Kier alpha value is -1.62. The fourth-order valence-corrected chi connectivity index (χ4v) is 3.09. The molecule has 1 N–H and O–H groups in total. The minimum Gasteiger partial charge on any atom is -0.338 e. The first kappa shape index (κ1) is 13.4. The number of piperidine rings is 1. The molecule has 1 aliphatic rings. The third-order valence-corrected chi connectivity index (χ3v) is 4.32. The number of benzene rings is 1. The lowest BCUT2D eigenvalue weighted by Gasteiger charge is -2.37. The second kappa shape index (κ2) is 5.40. The van der Waals surface area contributed by atoms with Crippen molar-refractivity contribution in [2.75, 3.05) is 11.4 Å². The van der Waals surface area contributed by atoms with Crippen molar-refractivity contribution < 1.29 is 0 Å². The second-order valence-corrected chi connectivity index (χ2v) is 6.07. The van der Waals surface area contributed by atoms with Crippen molar-refractivity contribution in [3.05, 3.63) is 35.1 Å². The molecule has 4 nitrogen and oxygen atoms in total. The average molecular weight is 288 g/mol. The molecule has 0 aliphatic carbocycles. The Bertz CT molecular complexity index is 631. The Morgan fingerprint density at radius 3 is 2.70 bits per heavy atom. The Morgan fingerprint density at radius 2 is 1.95 bits per heavy atom. The highest BCUT2D eigenvalue weighted by atomic mass is 32.1. The Balaban J connectivity index is 2.05. The zero-order chi connectivity index (χ0) is 14.1. The maximum atomic E-state index is 5.41. The summed E-state index contributed by atoms with van der Waals surface area (Å²) in [6, 6.07) is 10.7. The number of aromatic nitrogens is 3. The standard InChI is InChI=1S/C15H20N4S/c1-11-8-9-12(2)18(10-11)14-16-17-15(20)19(14)13-6-4-3-5-7-13/h3-7,11-12H,8-10H2,1-2H3,(H,17,20). The molecule has 5 heteroatoms. The summed E-state index contributed by atoms with van der Waals surface area (Å²) in [4.78, 5) is 2.37. The van der Waals surface area contributed by atoms with Gasteiger partial charge in [-0.3, -0.25) is 4.57 Å². The molecule has 2 aromatic rings. The monoisotopic (exact) mass is 288 g/mol. The van der Waals surface area contributed by atoms with Crippen molar-refractivity contribution in [2.24, 2.45) is 5.92 Å². The first-order valence-electron chi connectivity index (χ1n) is 7.16. The van der Waals surface area contributed by atoms with Crippen molar-refractivity contribution >= 4 is 18.2 Å². The molecule has 106 valence electrons. The van der Waals surface area contributed by atoms with Crippen LogP contribution in [0.3, 0.4) is 0 Å². The number of anilines is 1. The first-order chi connectivity index (χ1) is 9.66. The van der Waals surface area contributed by atoms with Gasteiger partial charge in [0, 0.05) is 12.6 Å². The van der Waals surface area contributed by atoms with Gasteiger partial charge in [0.1, 0.15) is 0 Å². The molecule has 0 amide bonds. The van der Waals surface area contributed by atoms with Gasteiger partial charge in [-0.25, -0.2) is 5.10 Å². The maximum Gasteiger partial charge on any atom is 0.230 e. The summed E-state index contributed by atoms with van der Waals surface area (Å²) < 4.78 is 2.68. The topological polar surface area (TPSA) is 36.9 Å². The smallest absolute Gasteiger partial charge is 0.230 e. The Kier molecular flexibility index (Phi) is 3.61. The van der Waals surface area contributed by atoms with Crippen molar-refractivity contribution in [1.29, 1.82) is 0 Å². The first-order valence-corrected chi connectivity index (χ1v) is 7.57. The molecule has 1 aromatic heterocycles. The number of H-pyrrole nitrogens is 1. The predicted molar refractivity (Wildman–Crippen MR) is 84.0 cm³/mol. The molecule has 0 saturated carbocycles. The van der Waals surface area contributed by atoms with Gasteiger partial charge < -0.3 is 4.90 Å². The molecule has 3 rings (SSSR count). The molecular weight excluding hydrogens is 268 g/mol. The summed E-state index contributed by atoms with van der Waals surface area (Å²) in [6.45, 7) is 5.60. The molecular formula is C15H20N4S. The van der Waals surface area contributed by atoms with Gasteiger partial charge in [0.15, 0.2) is 0 Å². The van der Waals surface area contributed by atoms with Gasteiger partial charge in [0.05, 0.1) is 5.69 Å². The summed E-state index contributed by atoms with van der Waals surface area (Å²) in [5, 5.41) is 7.41. The van der Waals surface area contributed by atoms with E-state index in [-0.39, 0.29) is 0 Å². The van der Waals surface area contributed by atoms with E-state index < -0.39 is 0 Å². The third-order valence-electron chi connectivity index (χ3n) is 4.04. The van der Waals surface area contributed by atoms with Crippen LogP contribution in [0.4, 0.5) is 5.95 Å². The highest BCUT2D eigenvalue weighted by Gasteiger charge is 2.27. The maximum absolute atomic E-state index is 5.41. The van der Waals surface area contributed by atoms with E-state index in [1.807, 2.05) is 22.8 Å². The minimum absolute atomic E-state index is 0.499. The molecule has 1 aromatic carbocycles. The van der Waals surface area contributed by atoms with Crippen LogP contribution in [0.2, 0.25) is 0 Å². The zero-order valence-corrected chi connectivity index (χ0v) is 12.7. The lowest BCUT2D eigenvalue weighted by molar-refractivity contribution is 0.384. The van der Waals surface area contributed by atoms with Gasteiger partial charge >= 0.3 is 0 Å². The average Bonchev–Trinajstić information content (AvgIpc) is 2.84. The lowest BCUT2D eigenvalue weighted by atomic mass is 9.95. The number of rotatable bonds is 2. The van der Waals surface area contributed by atoms with Gasteiger partial charge in [-0.2, -0.15) is 0 Å². The molecule has 1 saturated heterocycles. The molecule has 0 spiro atoms. The molecule has 2 unspecified atom stereocenters. The summed E-state index contributed by atoms with van der Waals surface area (Å²) in [5.41, 5.74) is 1.06. The molecule has 2 atom stereocenters. The predicted octanol–water partition coefficient (Wildman–Crippen LogP) is 3.55. The van der Waals surface area contributed by atoms with Crippen molar-refractivity contribution in [2.45, 2.75) is 32.7 Å². The van der Waals surface area contributed by atoms with Gasteiger partial charge in [-0.05, 0) is 50.0 Å². The largest absolute Gasteiger partial charge is 0.338 e. The Labute approximate surface area is 124 Å². The van der Waals surface area contributed by atoms with Crippen LogP contribution in [-0.4, -0.2) is 27.4 Å². The van der Waals surface area contributed by atoms with E-state index in [0.29, 0.717) is 16.7 Å². The van der Waals surface area contributed by atoms with Crippen LogP contribution in [0.25, 0.3) is 5.69 Å². The van der Waals surface area contributed by atoms with E-state index >= 15 is 0 Å². The van der Waals surface area contributed by atoms with E-state index in [1.165, 1.54) is 12.8 Å². The quantitative estimate of drug-likeness (QED) is 0.859. The van der Waals surface area contributed by atoms with Crippen molar-refractivity contribution in [1.82, 2.24) is 14.8 Å². The normalized spacial score (nSPS) is 23.0. The van der Waals surface area contributed by atoms with Crippen LogP contribution in [0.1, 0.15) is 26.7 Å². The van der Waals surface area contributed by atoms with Crippen molar-refractivity contribution in [3.63, 3.8) is 0 Å². The fourth-order valence-electron chi connectivity index (χ4n) is 2.86. The van der Waals surface area contributed by atoms with Crippen LogP contribution < -0.4 is 4.90 Å². The molecule has 1 fully saturated rings. The highest BCUT2D eigenvalue weighted by molar-refractivity contribution is 7.71. The second-order valence-electron chi connectivity index (χ2n) is 5.68. The number of nitrogens with zero attached hydrogens (tertiary/aromatic N) is 3. The van der Waals surface area contributed by atoms with E-state index in [1.54, 1.807) is 0 Å². The summed E-state index contributed by atoms with van der Waals surface area (Å²) in [6.07, 6.45) is 2.49. The van der Waals surface area contributed by atoms with Gasteiger partial charge in [-0.15, -0.1) is 5.10 Å². The van der Waals surface area contributed by atoms with Crippen LogP contribution in [0.5, 0.6) is 0 Å². The minimum atomic E-state index is 0.499. The number of aromatic amines is 1. The number of para-hydroxylation sites is 1. The van der Waals surface area contributed by atoms with E-state index in [4.69, 9.17) is 12.2 Å². The summed E-state index contributed by atoms with van der Waals surface area (Å²) in [7, 11) is 0. The van der Waals surface area contributed by atoms with Crippen LogP contribution >= 0.6 is 12.2 Å². The van der Waals surface area contributed by atoms with Gasteiger partial charge in [0.2, 0.25) is 10.7 Å². The molecule has 0 bridgehead atoms. The third kappa shape index (κ3) is 2.38. The molecule has 20 heavy (non-hydrogen) atoms. The SMILES string of the molecule is CC1CCC(C)N(c2n[nH]c(=S)n2-c2ccccc2)C1. The number of hydrogen-bond acceptors (Lipinski definition) is 3. The fraction of sp³-hybridized carbons (Fsp3) is 0.467. The van der Waals surface area contributed by atoms with Crippen LogP contribution in [0, 0.1) is 10.7 Å². The molecule has 2 heterocycles. The van der Waals surface area contributed by atoms with E-state index in [2.05, 4.69) is 41.1 Å². The van der Waals surface area contributed by atoms with Crippen LogP contribution in [-0.2, 0) is 0 Å². The van der Waals surface area contributed by atoms with Crippen molar-refractivity contribution in [3.8, 4) is 5.69 Å². The Morgan fingerprint density at radius 1 is 1.20 bits per heavy atom.